The number of halogens is 1. The van der Waals surface area contributed by atoms with Crippen molar-refractivity contribution < 1.29 is 0 Å². The fourth-order valence-electron chi connectivity index (χ4n) is 4.43. The molecule has 1 aromatic carbocycles. The minimum absolute atomic E-state index is 0.580. The number of thiophene rings is 1. The zero-order valence-corrected chi connectivity index (χ0v) is 17.9. The maximum absolute atomic E-state index is 5.03. The Hall–Kier alpha value is -1.30. The van der Waals surface area contributed by atoms with Crippen LogP contribution >= 0.6 is 27.3 Å². The third-order valence-electron chi connectivity index (χ3n) is 5.98. The number of fused-ring (bicyclic) bond motifs is 2. The van der Waals surface area contributed by atoms with Gasteiger partial charge in [0.15, 0.2) is 0 Å². The van der Waals surface area contributed by atoms with Gasteiger partial charge in [0.05, 0.1) is 5.69 Å². The summed E-state index contributed by atoms with van der Waals surface area (Å²) < 4.78 is 2.62. The minimum Gasteiger partial charge on any atom is -0.292 e. The van der Waals surface area contributed by atoms with Crippen molar-refractivity contribution >= 4 is 37.4 Å². The monoisotopic (exact) mass is 441 g/mol. The highest BCUT2D eigenvalue weighted by atomic mass is 79.9. The maximum atomic E-state index is 5.03. The van der Waals surface area contributed by atoms with E-state index in [1.165, 1.54) is 62.8 Å². The first-order chi connectivity index (χ1) is 13.3. The van der Waals surface area contributed by atoms with Crippen molar-refractivity contribution in [1.82, 2.24) is 14.9 Å². The Morgan fingerprint density at radius 2 is 2.00 bits per heavy atom. The molecule has 5 heteroatoms. The van der Waals surface area contributed by atoms with Crippen molar-refractivity contribution in [3.05, 3.63) is 56.9 Å². The van der Waals surface area contributed by atoms with E-state index in [0.717, 1.165) is 31.9 Å². The highest BCUT2D eigenvalue weighted by Crippen LogP contribution is 2.37. The predicted octanol–water partition coefficient (Wildman–Crippen LogP) is 6.06. The Morgan fingerprint density at radius 3 is 2.85 bits per heavy atom. The lowest BCUT2D eigenvalue weighted by Crippen LogP contribution is -2.31. The highest BCUT2D eigenvalue weighted by molar-refractivity contribution is 9.10. The van der Waals surface area contributed by atoms with Gasteiger partial charge in [0.1, 0.15) is 5.82 Å². The largest absolute Gasteiger partial charge is 0.292 e. The van der Waals surface area contributed by atoms with Crippen molar-refractivity contribution in [2.45, 2.75) is 57.5 Å². The number of nitrogens with zero attached hydrogens (tertiary/aromatic N) is 3. The van der Waals surface area contributed by atoms with Gasteiger partial charge in [-0.2, -0.15) is 0 Å². The molecule has 0 atom stereocenters. The summed E-state index contributed by atoms with van der Waals surface area (Å²) in [6.07, 6.45) is 9.73. The first kappa shape index (κ1) is 17.8. The lowest BCUT2D eigenvalue weighted by Gasteiger charge is -2.28. The summed E-state index contributed by atoms with van der Waals surface area (Å²) in [5.74, 6) is 1.68. The summed E-state index contributed by atoms with van der Waals surface area (Å²) in [7, 11) is 0. The number of hydrogen-bond acceptors (Lipinski definition) is 4. The van der Waals surface area contributed by atoms with Gasteiger partial charge >= 0.3 is 0 Å². The standard InChI is InChI=1S/C22H24BrN3S/c23-21-17-8-4-5-9-19(17)27-20(21)14-26-11-10-16-12-24-22(25-18(16)13-26)15-6-2-1-3-7-15/h4-5,8-9,12,15H,1-3,6-7,10-11,13-14H2. The van der Waals surface area contributed by atoms with E-state index >= 15 is 0 Å². The van der Waals surface area contributed by atoms with Crippen LogP contribution in [0, 0.1) is 0 Å². The Morgan fingerprint density at radius 1 is 1.15 bits per heavy atom. The number of aromatic nitrogens is 2. The van der Waals surface area contributed by atoms with E-state index in [4.69, 9.17) is 9.97 Å². The second kappa shape index (κ2) is 7.61. The average Bonchev–Trinajstić information content (AvgIpc) is 3.04. The molecular formula is C22H24BrN3S. The van der Waals surface area contributed by atoms with Gasteiger partial charge in [-0.15, -0.1) is 11.3 Å². The van der Waals surface area contributed by atoms with Gasteiger partial charge in [-0.3, -0.25) is 4.90 Å². The number of benzene rings is 1. The topological polar surface area (TPSA) is 29.0 Å². The highest BCUT2D eigenvalue weighted by Gasteiger charge is 2.23. The van der Waals surface area contributed by atoms with Crippen molar-refractivity contribution in [1.29, 1.82) is 0 Å². The second-order valence-corrected chi connectivity index (χ2v) is 9.76. The van der Waals surface area contributed by atoms with E-state index in [2.05, 4.69) is 51.3 Å². The molecule has 0 saturated heterocycles. The molecular weight excluding hydrogens is 418 g/mol. The van der Waals surface area contributed by atoms with Crippen LogP contribution < -0.4 is 0 Å². The quantitative estimate of drug-likeness (QED) is 0.494. The fraction of sp³-hybridized carbons (Fsp3) is 0.455. The first-order valence-electron chi connectivity index (χ1n) is 10.0. The molecule has 0 N–H and O–H groups in total. The first-order valence-corrected chi connectivity index (χ1v) is 11.6. The molecule has 1 aliphatic carbocycles. The molecule has 3 nitrogen and oxygen atoms in total. The molecule has 0 bridgehead atoms. The Bertz CT molecular complexity index is 961. The predicted molar refractivity (Wildman–Crippen MR) is 115 cm³/mol. The second-order valence-electron chi connectivity index (χ2n) is 7.83. The molecule has 2 aliphatic rings. The summed E-state index contributed by atoms with van der Waals surface area (Å²) in [4.78, 5) is 13.7. The molecule has 5 rings (SSSR count). The molecule has 1 fully saturated rings. The number of rotatable bonds is 3. The van der Waals surface area contributed by atoms with E-state index in [-0.39, 0.29) is 0 Å². The van der Waals surface area contributed by atoms with Crippen molar-refractivity contribution in [2.75, 3.05) is 6.54 Å². The molecule has 0 radical (unpaired) electrons. The van der Waals surface area contributed by atoms with Crippen molar-refractivity contribution in [2.24, 2.45) is 0 Å². The lowest BCUT2D eigenvalue weighted by atomic mass is 9.88. The van der Waals surface area contributed by atoms with Gasteiger partial charge in [0, 0.05) is 51.2 Å². The van der Waals surface area contributed by atoms with Crippen LogP contribution in [0.4, 0.5) is 0 Å². The van der Waals surface area contributed by atoms with Gasteiger partial charge < -0.3 is 0 Å². The zero-order valence-electron chi connectivity index (χ0n) is 15.5. The van der Waals surface area contributed by atoms with Gasteiger partial charge in [0.25, 0.3) is 0 Å². The summed E-state index contributed by atoms with van der Waals surface area (Å²) in [5, 5.41) is 1.33. The van der Waals surface area contributed by atoms with Gasteiger partial charge in [-0.05, 0) is 46.8 Å². The van der Waals surface area contributed by atoms with Crippen LogP contribution in [0.2, 0.25) is 0 Å². The molecule has 2 aromatic heterocycles. The Labute approximate surface area is 173 Å². The molecule has 1 aliphatic heterocycles. The van der Waals surface area contributed by atoms with Crippen LogP contribution in [-0.2, 0) is 19.5 Å². The molecule has 3 heterocycles. The van der Waals surface area contributed by atoms with Gasteiger partial charge in [-0.25, -0.2) is 9.97 Å². The summed E-state index contributed by atoms with van der Waals surface area (Å²) in [5.41, 5.74) is 2.61. The van der Waals surface area contributed by atoms with E-state index < -0.39 is 0 Å². The van der Waals surface area contributed by atoms with Crippen LogP contribution in [0.1, 0.15) is 60.0 Å². The smallest absolute Gasteiger partial charge is 0.131 e. The van der Waals surface area contributed by atoms with E-state index in [1.807, 2.05) is 11.3 Å². The van der Waals surface area contributed by atoms with E-state index in [9.17, 15) is 0 Å². The zero-order chi connectivity index (χ0) is 18.2. The van der Waals surface area contributed by atoms with Crippen molar-refractivity contribution in [3.63, 3.8) is 0 Å². The molecule has 3 aromatic rings. The molecule has 0 spiro atoms. The molecule has 140 valence electrons. The SMILES string of the molecule is Brc1c(CN2CCc3cnc(C4CCCCC4)nc3C2)sc2ccccc12. The Balaban J connectivity index is 1.36. The molecule has 0 unspecified atom stereocenters. The summed E-state index contributed by atoms with van der Waals surface area (Å²) >= 11 is 5.74. The summed E-state index contributed by atoms with van der Waals surface area (Å²) in [6.45, 7) is 3.01. The minimum atomic E-state index is 0.580. The average molecular weight is 442 g/mol. The maximum Gasteiger partial charge on any atom is 0.131 e. The normalized spacial score (nSPS) is 18.7. The molecule has 0 amide bonds. The van der Waals surface area contributed by atoms with Crippen LogP contribution in [0.15, 0.2) is 34.9 Å². The van der Waals surface area contributed by atoms with Crippen LogP contribution in [-0.4, -0.2) is 21.4 Å². The fourth-order valence-corrected chi connectivity index (χ4v) is 6.42. The third-order valence-corrected chi connectivity index (χ3v) is 8.31. The molecule has 1 saturated carbocycles. The van der Waals surface area contributed by atoms with E-state index in [1.54, 1.807) is 0 Å². The van der Waals surface area contributed by atoms with Crippen molar-refractivity contribution in [3.8, 4) is 0 Å². The molecule has 27 heavy (non-hydrogen) atoms. The third kappa shape index (κ3) is 3.57. The van der Waals surface area contributed by atoms with E-state index in [0.29, 0.717) is 5.92 Å². The van der Waals surface area contributed by atoms with Gasteiger partial charge in [0.2, 0.25) is 0 Å². The Kier molecular flexibility index (Phi) is 5.01. The van der Waals surface area contributed by atoms with Crippen LogP contribution in [0.5, 0.6) is 0 Å². The van der Waals surface area contributed by atoms with Crippen LogP contribution in [0.3, 0.4) is 0 Å². The lowest BCUT2D eigenvalue weighted by molar-refractivity contribution is 0.242. The number of hydrogen-bond donors (Lipinski definition) is 0. The van der Waals surface area contributed by atoms with Gasteiger partial charge in [-0.1, -0.05) is 37.5 Å². The van der Waals surface area contributed by atoms with Crippen LogP contribution in [0.25, 0.3) is 10.1 Å². The summed E-state index contributed by atoms with van der Waals surface area (Å²) in [6, 6.07) is 8.65.